The SMILES string of the molecule is C=CCn1c(SCC(=O)Nc2sc(C)c(CC)c2C(=O)OC)nnc1-c1cc(OC)c(OC)c(OC)c1. The summed E-state index contributed by atoms with van der Waals surface area (Å²) >= 11 is 2.58. The molecule has 0 aliphatic rings. The van der Waals surface area contributed by atoms with E-state index in [1.807, 2.05) is 18.4 Å². The molecule has 1 N–H and O–H groups in total. The first-order chi connectivity index (χ1) is 17.8. The van der Waals surface area contributed by atoms with E-state index in [0.717, 1.165) is 10.4 Å². The molecule has 0 atom stereocenters. The van der Waals surface area contributed by atoms with Crippen LogP contribution < -0.4 is 19.5 Å². The van der Waals surface area contributed by atoms with Gasteiger partial charge in [0.1, 0.15) is 5.00 Å². The van der Waals surface area contributed by atoms with Crippen LogP contribution in [0, 0.1) is 6.92 Å². The van der Waals surface area contributed by atoms with E-state index in [1.165, 1.54) is 37.3 Å². The number of thiophene rings is 1. The molecule has 1 aromatic carbocycles. The number of nitrogens with zero attached hydrogens (tertiary/aromatic N) is 3. The molecule has 0 saturated heterocycles. The summed E-state index contributed by atoms with van der Waals surface area (Å²) in [5, 5.41) is 12.5. The van der Waals surface area contributed by atoms with Gasteiger partial charge in [0.15, 0.2) is 22.5 Å². The Balaban J connectivity index is 1.85. The molecule has 3 rings (SSSR count). The molecular formula is C25H30N4O6S2. The van der Waals surface area contributed by atoms with Crippen LogP contribution in [0.25, 0.3) is 11.4 Å². The number of esters is 1. The van der Waals surface area contributed by atoms with Crippen LogP contribution >= 0.6 is 23.1 Å². The Kier molecular flexibility index (Phi) is 9.59. The van der Waals surface area contributed by atoms with Crippen LogP contribution in [0.4, 0.5) is 5.00 Å². The van der Waals surface area contributed by atoms with Crippen molar-refractivity contribution in [3.8, 4) is 28.6 Å². The molecule has 2 aromatic heterocycles. The van der Waals surface area contributed by atoms with Crippen LogP contribution in [-0.2, 0) is 22.5 Å². The second-order valence-corrected chi connectivity index (χ2v) is 9.81. The fourth-order valence-corrected chi connectivity index (χ4v) is 5.71. The first-order valence-electron chi connectivity index (χ1n) is 11.3. The Labute approximate surface area is 224 Å². The maximum atomic E-state index is 12.8. The van der Waals surface area contributed by atoms with Crippen molar-refractivity contribution in [2.75, 3.05) is 39.5 Å². The molecule has 0 saturated carbocycles. The topological polar surface area (TPSA) is 114 Å². The smallest absolute Gasteiger partial charge is 0.341 e. The molecule has 0 bridgehead atoms. The summed E-state index contributed by atoms with van der Waals surface area (Å²) < 4.78 is 23.1. The van der Waals surface area contributed by atoms with Gasteiger partial charge in [0.05, 0.1) is 39.8 Å². The Morgan fingerprint density at radius 2 is 1.81 bits per heavy atom. The van der Waals surface area contributed by atoms with Crippen LogP contribution in [0.2, 0.25) is 0 Å². The van der Waals surface area contributed by atoms with Gasteiger partial charge in [0, 0.05) is 17.0 Å². The molecule has 10 nitrogen and oxygen atoms in total. The number of anilines is 1. The summed E-state index contributed by atoms with van der Waals surface area (Å²) in [6, 6.07) is 3.57. The first kappa shape index (κ1) is 28.1. The van der Waals surface area contributed by atoms with Crippen LogP contribution in [-0.4, -0.2) is 60.8 Å². The second kappa shape index (κ2) is 12.6. The number of hydrogen-bond acceptors (Lipinski definition) is 10. The molecule has 2 heterocycles. The Bertz CT molecular complexity index is 1280. The quantitative estimate of drug-likeness (QED) is 0.198. The lowest BCUT2D eigenvalue weighted by atomic mass is 10.1. The predicted octanol–water partition coefficient (Wildman–Crippen LogP) is 4.61. The third-order valence-electron chi connectivity index (χ3n) is 5.49. The Morgan fingerprint density at radius 1 is 1.14 bits per heavy atom. The molecule has 0 radical (unpaired) electrons. The number of aryl methyl sites for hydroxylation is 1. The average molecular weight is 547 g/mol. The molecule has 0 aliphatic carbocycles. The number of nitrogens with one attached hydrogen (secondary N) is 1. The zero-order chi connectivity index (χ0) is 27.1. The van der Waals surface area contributed by atoms with Crippen molar-refractivity contribution in [1.82, 2.24) is 14.8 Å². The van der Waals surface area contributed by atoms with E-state index in [9.17, 15) is 9.59 Å². The zero-order valence-corrected chi connectivity index (χ0v) is 23.3. The fraction of sp³-hybridized carbons (Fsp3) is 0.360. The lowest BCUT2D eigenvalue weighted by Gasteiger charge is -2.14. The van der Waals surface area contributed by atoms with E-state index in [4.69, 9.17) is 18.9 Å². The van der Waals surface area contributed by atoms with E-state index in [1.54, 1.807) is 32.4 Å². The summed E-state index contributed by atoms with van der Waals surface area (Å²) in [5.41, 5.74) is 1.98. The number of rotatable bonds is 12. The molecule has 0 spiro atoms. The van der Waals surface area contributed by atoms with Crippen molar-refractivity contribution < 1.29 is 28.5 Å². The molecule has 0 aliphatic heterocycles. The predicted molar refractivity (Wildman–Crippen MR) is 144 cm³/mol. The molecule has 12 heteroatoms. The standard InChI is InChI=1S/C25H30N4O6S2/c1-8-10-29-22(15-11-17(32-4)21(34-6)18(12-15)33-5)27-28-25(29)36-13-19(30)26-23-20(24(31)35-7)16(9-2)14(3)37-23/h8,11-12H,1,9-10,13H2,2-7H3,(H,26,30). The normalized spacial score (nSPS) is 10.6. The van der Waals surface area contributed by atoms with Crippen molar-refractivity contribution in [2.45, 2.75) is 32.0 Å². The monoisotopic (exact) mass is 546 g/mol. The van der Waals surface area contributed by atoms with Gasteiger partial charge in [0.2, 0.25) is 11.7 Å². The van der Waals surface area contributed by atoms with E-state index in [-0.39, 0.29) is 11.7 Å². The highest BCUT2D eigenvalue weighted by Crippen LogP contribution is 2.41. The summed E-state index contributed by atoms with van der Waals surface area (Å²) in [7, 11) is 5.95. The lowest BCUT2D eigenvalue weighted by molar-refractivity contribution is -0.113. The molecule has 1 amide bonds. The van der Waals surface area contributed by atoms with Gasteiger partial charge < -0.3 is 24.3 Å². The van der Waals surface area contributed by atoms with E-state index < -0.39 is 5.97 Å². The number of methoxy groups -OCH3 is 4. The number of ether oxygens (including phenoxy) is 4. The highest BCUT2D eigenvalue weighted by atomic mass is 32.2. The summed E-state index contributed by atoms with van der Waals surface area (Å²) in [6.45, 7) is 8.13. The van der Waals surface area contributed by atoms with E-state index >= 15 is 0 Å². The Hall–Kier alpha value is -3.51. The van der Waals surface area contributed by atoms with Crippen LogP contribution in [0.15, 0.2) is 29.9 Å². The third-order valence-corrected chi connectivity index (χ3v) is 7.52. The average Bonchev–Trinajstić information content (AvgIpc) is 3.45. The van der Waals surface area contributed by atoms with Crippen molar-refractivity contribution in [2.24, 2.45) is 0 Å². The van der Waals surface area contributed by atoms with Gasteiger partial charge in [-0.2, -0.15) is 0 Å². The number of benzene rings is 1. The highest BCUT2D eigenvalue weighted by molar-refractivity contribution is 7.99. The van der Waals surface area contributed by atoms with Crippen molar-refractivity contribution >= 4 is 40.0 Å². The minimum absolute atomic E-state index is 0.0591. The summed E-state index contributed by atoms with van der Waals surface area (Å²) in [6.07, 6.45) is 2.38. The van der Waals surface area contributed by atoms with Crippen LogP contribution in [0.5, 0.6) is 17.2 Å². The summed E-state index contributed by atoms with van der Waals surface area (Å²) in [4.78, 5) is 26.1. The Morgan fingerprint density at radius 3 is 2.35 bits per heavy atom. The van der Waals surface area contributed by atoms with Gasteiger partial charge in [-0.25, -0.2) is 4.79 Å². The lowest BCUT2D eigenvalue weighted by Crippen LogP contribution is -2.16. The highest BCUT2D eigenvalue weighted by Gasteiger charge is 2.24. The number of amides is 1. The first-order valence-corrected chi connectivity index (χ1v) is 13.1. The maximum Gasteiger partial charge on any atom is 0.341 e. The minimum atomic E-state index is -0.468. The van der Waals surface area contributed by atoms with Crippen molar-refractivity contribution in [1.29, 1.82) is 0 Å². The van der Waals surface area contributed by atoms with Gasteiger partial charge in [0.25, 0.3) is 0 Å². The number of carbonyl (C=O) groups is 2. The van der Waals surface area contributed by atoms with Crippen molar-refractivity contribution in [3.05, 3.63) is 40.8 Å². The third kappa shape index (κ3) is 5.91. The van der Waals surface area contributed by atoms with Gasteiger partial charge in [-0.1, -0.05) is 24.8 Å². The van der Waals surface area contributed by atoms with Crippen LogP contribution in [0.1, 0.15) is 27.7 Å². The van der Waals surface area contributed by atoms with E-state index in [0.29, 0.717) is 57.3 Å². The van der Waals surface area contributed by atoms with Gasteiger partial charge in [-0.15, -0.1) is 28.1 Å². The molecule has 0 fully saturated rings. The number of thioether (sulfide) groups is 1. The number of allylic oxidation sites excluding steroid dienone is 1. The number of hydrogen-bond donors (Lipinski definition) is 1. The van der Waals surface area contributed by atoms with Crippen molar-refractivity contribution in [3.63, 3.8) is 0 Å². The molecule has 0 unspecified atom stereocenters. The zero-order valence-electron chi connectivity index (χ0n) is 21.7. The van der Waals surface area contributed by atoms with Crippen LogP contribution in [0.3, 0.4) is 0 Å². The molecular weight excluding hydrogens is 516 g/mol. The second-order valence-electron chi connectivity index (χ2n) is 7.64. The summed E-state index contributed by atoms with van der Waals surface area (Å²) in [5.74, 6) is 1.30. The largest absolute Gasteiger partial charge is 0.493 e. The van der Waals surface area contributed by atoms with Gasteiger partial charge >= 0.3 is 5.97 Å². The molecule has 37 heavy (non-hydrogen) atoms. The van der Waals surface area contributed by atoms with Gasteiger partial charge in [-0.05, 0) is 31.0 Å². The molecule has 198 valence electrons. The number of carbonyl (C=O) groups excluding carboxylic acids is 2. The minimum Gasteiger partial charge on any atom is -0.493 e. The van der Waals surface area contributed by atoms with E-state index in [2.05, 4.69) is 22.1 Å². The fourth-order valence-electron chi connectivity index (χ4n) is 3.82. The molecule has 3 aromatic rings. The number of aromatic nitrogens is 3. The maximum absolute atomic E-state index is 12.8. The van der Waals surface area contributed by atoms with Gasteiger partial charge in [-0.3, -0.25) is 9.36 Å².